The Kier molecular flexibility index (Phi) is 4.77. The molecule has 0 fully saturated rings. The first-order chi connectivity index (χ1) is 9.31. The molecule has 2 rings (SSSR count). The highest BCUT2D eigenvalue weighted by molar-refractivity contribution is 5.96. The number of nitrogens with zero attached hydrogens (tertiary/aromatic N) is 1. The van der Waals surface area contributed by atoms with Crippen molar-refractivity contribution in [2.75, 3.05) is 31.7 Å². The van der Waals surface area contributed by atoms with E-state index in [4.69, 9.17) is 10.5 Å². The lowest BCUT2D eigenvalue weighted by Gasteiger charge is -2.25. The lowest BCUT2D eigenvalue weighted by molar-refractivity contribution is 0.205. The van der Waals surface area contributed by atoms with E-state index in [-0.39, 0.29) is 0 Å². The van der Waals surface area contributed by atoms with E-state index in [9.17, 15) is 0 Å². The highest BCUT2D eigenvalue weighted by Gasteiger charge is 2.10. The fourth-order valence-electron chi connectivity index (χ4n) is 2.45. The lowest BCUT2D eigenvalue weighted by Crippen LogP contribution is -2.27. The van der Waals surface area contributed by atoms with Crippen LogP contribution in [-0.2, 0) is 11.3 Å². The van der Waals surface area contributed by atoms with Crippen molar-refractivity contribution in [3.63, 3.8) is 0 Å². The topological polar surface area (TPSA) is 38.5 Å². The molecule has 0 aliphatic heterocycles. The Morgan fingerprint density at radius 2 is 1.84 bits per heavy atom. The van der Waals surface area contributed by atoms with E-state index < -0.39 is 0 Å². The Hall–Kier alpha value is -1.58. The van der Waals surface area contributed by atoms with Gasteiger partial charge < -0.3 is 15.4 Å². The summed E-state index contributed by atoms with van der Waals surface area (Å²) in [6.45, 7) is 5.35. The summed E-state index contributed by atoms with van der Waals surface area (Å²) in [6.07, 6.45) is 0. The fraction of sp³-hybridized carbons (Fsp3) is 0.375. The quantitative estimate of drug-likeness (QED) is 0.866. The molecule has 102 valence electrons. The summed E-state index contributed by atoms with van der Waals surface area (Å²) in [5, 5.41) is 2.52. The molecule has 0 atom stereocenters. The maximum atomic E-state index is 5.82. The summed E-state index contributed by atoms with van der Waals surface area (Å²) in [7, 11) is 1.74. The molecule has 0 aromatic heterocycles. The number of nitrogens with two attached hydrogens (primary N) is 1. The van der Waals surface area contributed by atoms with E-state index in [1.807, 2.05) is 0 Å². The first kappa shape index (κ1) is 13.8. The molecule has 2 aromatic rings. The zero-order chi connectivity index (χ0) is 13.7. The van der Waals surface area contributed by atoms with Gasteiger partial charge in [-0.2, -0.15) is 0 Å². The average Bonchev–Trinajstić information content (AvgIpc) is 2.48. The molecule has 3 heteroatoms. The highest BCUT2D eigenvalue weighted by atomic mass is 16.5. The van der Waals surface area contributed by atoms with Gasteiger partial charge in [-0.3, -0.25) is 0 Å². The standard InChI is InChI=1S/C16H22N2O/c1-3-18(10-11-19-2)16-9-8-13(12-17)14-6-4-5-7-15(14)16/h4-9H,3,10-12,17H2,1-2H3. The Morgan fingerprint density at radius 1 is 1.11 bits per heavy atom. The summed E-state index contributed by atoms with van der Waals surface area (Å²) in [4.78, 5) is 2.34. The van der Waals surface area contributed by atoms with Gasteiger partial charge in [-0.1, -0.05) is 30.3 Å². The van der Waals surface area contributed by atoms with E-state index in [0.29, 0.717) is 6.54 Å². The average molecular weight is 258 g/mol. The third-order valence-corrected chi connectivity index (χ3v) is 3.50. The third-order valence-electron chi connectivity index (χ3n) is 3.50. The third kappa shape index (κ3) is 2.88. The molecule has 0 aliphatic rings. The van der Waals surface area contributed by atoms with Crippen molar-refractivity contribution in [2.24, 2.45) is 5.73 Å². The summed E-state index contributed by atoms with van der Waals surface area (Å²) in [5.74, 6) is 0. The molecule has 2 aromatic carbocycles. The molecule has 0 amide bonds. The van der Waals surface area contributed by atoms with Gasteiger partial charge in [-0.25, -0.2) is 0 Å². The lowest BCUT2D eigenvalue weighted by atomic mass is 10.0. The number of likely N-dealkylation sites (N-methyl/N-ethyl adjacent to an activating group) is 1. The number of benzene rings is 2. The Labute approximate surface area is 115 Å². The molecule has 19 heavy (non-hydrogen) atoms. The Morgan fingerprint density at radius 3 is 2.47 bits per heavy atom. The number of rotatable bonds is 6. The zero-order valence-electron chi connectivity index (χ0n) is 11.7. The van der Waals surface area contributed by atoms with Gasteiger partial charge in [-0.15, -0.1) is 0 Å². The molecule has 2 N–H and O–H groups in total. The van der Waals surface area contributed by atoms with Crippen molar-refractivity contribution < 1.29 is 4.74 Å². The second-order valence-corrected chi connectivity index (χ2v) is 4.57. The molecule has 3 nitrogen and oxygen atoms in total. The number of methoxy groups -OCH3 is 1. The Bertz CT molecular complexity index is 539. The van der Waals surface area contributed by atoms with Crippen LogP contribution < -0.4 is 10.6 Å². The summed E-state index contributed by atoms with van der Waals surface area (Å²) in [6, 6.07) is 12.8. The van der Waals surface area contributed by atoms with E-state index in [1.165, 1.54) is 22.0 Å². The van der Waals surface area contributed by atoms with Crippen LogP contribution in [0.4, 0.5) is 5.69 Å². The van der Waals surface area contributed by atoms with Crippen LogP contribution in [0.3, 0.4) is 0 Å². The number of ether oxygens (including phenoxy) is 1. The first-order valence-electron chi connectivity index (χ1n) is 6.76. The van der Waals surface area contributed by atoms with Crippen molar-refractivity contribution >= 4 is 16.5 Å². The molecule has 0 aliphatic carbocycles. The molecule has 0 radical (unpaired) electrons. The number of hydrogen-bond acceptors (Lipinski definition) is 3. The normalized spacial score (nSPS) is 10.9. The van der Waals surface area contributed by atoms with Crippen molar-refractivity contribution in [3.05, 3.63) is 42.0 Å². The molecule has 0 saturated heterocycles. The van der Waals surface area contributed by atoms with E-state index in [1.54, 1.807) is 7.11 Å². The molecule has 0 heterocycles. The van der Waals surface area contributed by atoms with Crippen molar-refractivity contribution in [1.29, 1.82) is 0 Å². The molecular weight excluding hydrogens is 236 g/mol. The second-order valence-electron chi connectivity index (χ2n) is 4.57. The van der Waals surface area contributed by atoms with Crippen LogP contribution in [0.25, 0.3) is 10.8 Å². The number of fused-ring (bicyclic) bond motifs is 1. The predicted octanol–water partition coefficient (Wildman–Crippen LogP) is 2.77. The van der Waals surface area contributed by atoms with Crippen LogP contribution in [0, 0.1) is 0 Å². The van der Waals surface area contributed by atoms with Crippen LogP contribution in [0.5, 0.6) is 0 Å². The number of anilines is 1. The molecule has 0 spiro atoms. The summed E-state index contributed by atoms with van der Waals surface area (Å²) < 4.78 is 5.19. The van der Waals surface area contributed by atoms with E-state index in [0.717, 1.165) is 19.7 Å². The monoisotopic (exact) mass is 258 g/mol. The predicted molar refractivity (Wildman–Crippen MR) is 81.6 cm³/mol. The fourth-order valence-corrected chi connectivity index (χ4v) is 2.45. The van der Waals surface area contributed by atoms with Crippen LogP contribution in [0.2, 0.25) is 0 Å². The van der Waals surface area contributed by atoms with Crippen molar-refractivity contribution in [1.82, 2.24) is 0 Å². The first-order valence-corrected chi connectivity index (χ1v) is 6.76. The van der Waals surface area contributed by atoms with Gasteiger partial charge in [0.1, 0.15) is 0 Å². The van der Waals surface area contributed by atoms with Gasteiger partial charge in [-0.05, 0) is 23.9 Å². The van der Waals surface area contributed by atoms with Crippen LogP contribution >= 0.6 is 0 Å². The van der Waals surface area contributed by atoms with Gasteiger partial charge >= 0.3 is 0 Å². The maximum absolute atomic E-state index is 5.82. The zero-order valence-corrected chi connectivity index (χ0v) is 11.7. The van der Waals surface area contributed by atoms with Crippen LogP contribution in [-0.4, -0.2) is 26.8 Å². The minimum Gasteiger partial charge on any atom is -0.383 e. The van der Waals surface area contributed by atoms with E-state index >= 15 is 0 Å². The SMILES string of the molecule is CCN(CCOC)c1ccc(CN)c2ccccc12. The van der Waals surface area contributed by atoms with Gasteiger partial charge in [0.2, 0.25) is 0 Å². The Balaban J connectivity index is 2.48. The minimum absolute atomic E-state index is 0.574. The van der Waals surface area contributed by atoms with Crippen LogP contribution in [0.15, 0.2) is 36.4 Å². The van der Waals surface area contributed by atoms with Gasteiger partial charge in [0.05, 0.1) is 6.61 Å². The van der Waals surface area contributed by atoms with Crippen LogP contribution in [0.1, 0.15) is 12.5 Å². The van der Waals surface area contributed by atoms with Crippen molar-refractivity contribution in [3.8, 4) is 0 Å². The van der Waals surface area contributed by atoms with Gasteiger partial charge in [0.15, 0.2) is 0 Å². The second kappa shape index (κ2) is 6.55. The summed E-state index contributed by atoms with van der Waals surface area (Å²) >= 11 is 0. The number of hydrogen-bond donors (Lipinski definition) is 1. The molecule has 0 saturated carbocycles. The molecule has 0 unspecified atom stereocenters. The van der Waals surface area contributed by atoms with Crippen molar-refractivity contribution in [2.45, 2.75) is 13.5 Å². The van der Waals surface area contributed by atoms with Gasteiger partial charge in [0.25, 0.3) is 0 Å². The smallest absolute Gasteiger partial charge is 0.0637 e. The van der Waals surface area contributed by atoms with Gasteiger partial charge in [0, 0.05) is 37.8 Å². The molecular formula is C16H22N2O. The van der Waals surface area contributed by atoms with E-state index in [2.05, 4.69) is 48.2 Å². The minimum atomic E-state index is 0.574. The molecule has 0 bridgehead atoms. The highest BCUT2D eigenvalue weighted by Crippen LogP contribution is 2.29. The summed E-state index contributed by atoms with van der Waals surface area (Å²) in [5.41, 5.74) is 8.27. The maximum Gasteiger partial charge on any atom is 0.0637 e. The largest absolute Gasteiger partial charge is 0.383 e.